The van der Waals surface area contributed by atoms with E-state index in [1.807, 2.05) is 0 Å². The first-order chi connectivity index (χ1) is 12.0. The van der Waals surface area contributed by atoms with Crippen molar-refractivity contribution in [3.63, 3.8) is 0 Å². The summed E-state index contributed by atoms with van der Waals surface area (Å²) in [4.78, 5) is 12.3. The van der Waals surface area contributed by atoms with E-state index in [2.05, 4.69) is 46.8 Å². The van der Waals surface area contributed by atoms with E-state index in [0.717, 1.165) is 31.3 Å². The lowest BCUT2D eigenvalue weighted by atomic mass is 9.41. The van der Waals surface area contributed by atoms with Crippen molar-refractivity contribution in [2.45, 2.75) is 86.2 Å². The summed E-state index contributed by atoms with van der Waals surface area (Å²) >= 11 is 0. The molecule has 0 heterocycles. The summed E-state index contributed by atoms with van der Waals surface area (Å²) in [5.74, 6) is 1.38. The minimum Gasteiger partial charge on any atom is -0.393 e. The molecule has 4 rings (SSSR count). The van der Waals surface area contributed by atoms with Crippen molar-refractivity contribution in [2.75, 3.05) is 0 Å². The van der Waals surface area contributed by atoms with Gasteiger partial charge in [-0.2, -0.15) is 0 Å². The maximum absolute atomic E-state index is 12.3. The van der Waals surface area contributed by atoms with Gasteiger partial charge in [-0.25, -0.2) is 0 Å². The fourth-order valence-electron chi connectivity index (χ4n) is 7.78. The Bertz CT molecular complexity index is 714. The van der Waals surface area contributed by atoms with E-state index < -0.39 is 0 Å². The lowest BCUT2D eigenvalue weighted by molar-refractivity contribution is -0.119. The van der Waals surface area contributed by atoms with Gasteiger partial charge in [-0.3, -0.25) is 4.79 Å². The van der Waals surface area contributed by atoms with Crippen LogP contribution in [0.5, 0.6) is 0 Å². The molecule has 1 unspecified atom stereocenters. The summed E-state index contributed by atoms with van der Waals surface area (Å²) in [7, 11) is 0. The standard InChI is InChI=1S/C24H36O2/c1-15(25)16-9-13-24(6)18-7-8-19-21(2,3)20(26)11-12-22(19,4)17(18)10-14-23(16,24)5/h9-10,18-20,26H,7-8,11-14H2,1-6H3/t18-,19?,20+,22-,23-,24+/m1/s1. The Labute approximate surface area is 159 Å². The summed E-state index contributed by atoms with van der Waals surface area (Å²) in [5.41, 5.74) is 3.06. The molecule has 0 radical (unpaired) electrons. The zero-order valence-electron chi connectivity index (χ0n) is 17.5. The Morgan fingerprint density at radius 3 is 2.38 bits per heavy atom. The highest BCUT2D eigenvalue weighted by Crippen LogP contribution is 2.71. The summed E-state index contributed by atoms with van der Waals surface area (Å²) in [6.45, 7) is 13.6. The molecule has 144 valence electrons. The van der Waals surface area contributed by atoms with Crippen molar-refractivity contribution in [2.24, 2.45) is 33.5 Å². The molecule has 6 atom stereocenters. The molecule has 0 saturated heterocycles. The van der Waals surface area contributed by atoms with E-state index in [0.29, 0.717) is 11.8 Å². The minimum absolute atomic E-state index is 0.0140. The average molecular weight is 357 g/mol. The molecule has 0 spiro atoms. The van der Waals surface area contributed by atoms with Gasteiger partial charge in [0.1, 0.15) is 0 Å². The highest BCUT2D eigenvalue weighted by Gasteiger charge is 2.63. The Kier molecular flexibility index (Phi) is 3.79. The molecule has 2 heteroatoms. The molecule has 4 aliphatic rings. The van der Waals surface area contributed by atoms with E-state index in [4.69, 9.17) is 0 Å². The molecule has 2 saturated carbocycles. The van der Waals surface area contributed by atoms with Crippen LogP contribution < -0.4 is 0 Å². The minimum atomic E-state index is -0.181. The lowest BCUT2D eigenvalue weighted by Crippen LogP contribution is -2.57. The molecule has 4 aliphatic carbocycles. The van der Waals surface area contributed by atoms with Gasteiger partial charge in [-0.1, -0.05) is 52.3 Å². The van der Waals surface area contributed by atoms with Gasteiger partial charge in [0, 0.05) is 5.41 Å². The topological polar surface area (TPSA) is 37.3 Å². The molecular weight excluding hydrogens is 320 g/mol. The van der Waals surface area contributed by atoms with Crippen LogP contribution in [0, 0.1) is 33.5 Å². The lowest BCUT2D eigenvalue weighted by Gasteiger charge is -2.63. The quantitative estimate of drug-likeness (QED) is 0.633. The van der Waals surface area contributed by atoms with E-state index in [1.165, 1.54) is 12.8 Å². The SMILES string of the molecule is CC(=O)C1=CC[C@@]2(C)[C@@H]3CCC4C(C)(C)[C@@H](O)CC[C@]4(C)C3=CC[C@]12C. The van der Waals surface area contributed by atoms with Crippen molar-refractivity contribution in [3.05, 3.63) is 23.3 Å². The molecule has 0 bridgehead atoms. The number of fused-ring (bicyclic) bond motifs is 5. The molecule has 0 aromatic heterocycles. The van der Waals surface area contributed by atoms with Crippen LogP contribution in [0.1, 0.15) is 80.1 Å². The second-order valence-corrected chi connectivity index (χ2v) is 11.0. The number of Topliss-reactive ketones (excluding diaryl/α,β-unsaturated/α-hetero) is 1. The zero-order chi connectivity index (χ0) is 19.1. The third-order valence-electron chi connectivity index (χ3n) is 9.71. The number of hydrogen-bond donors (Lipinski definition) is 1. The second kappa shape index (κ2) is 5.34. The van der Waals surface area contributed by atoms with E-state index in [-0.39, 0.29) is 33.5 Å². The number of allylic oxidation sites excluding steroid dienone is 4. The number of aliphatic hydroxyl groups excluding tert-OH is 1. The number of carbonyl (C=O) groups is 1. The number of rotatable bonds is 1. The molecular formula is C24H36O2. The largest absolute Gasteiger partial charge is 0.393 e. The Morgan fingerprint density at radius 2 is 1.73 bits per heavy atom. The number of ketones is 1. The smallest absolute Gasteiger partial charge is 0.156 e. The van der Waals surface area contributed by atoms with Gasteiger partial charge in [-0.05, 0) is 79.1 Å². The highest BCUT2D eigenvalue weighted by atomic mass is 16.3. The van der Waals surface area contributed by atoms with Crippen molar-refractivity contribution < 1.29 is 9.90 Å². The van der Waals surface area contributed by atoms with Gasteiger partial charge in [0.25, 0.3) is 0 Å². The molecule has 2 fully saturated rings. The number of aliphatic hydroxyl groups is 1. The van der Waals surface area contributed by atoms with Crippen molar-refractivity contribution in [3.8, 4) is 0 Å². The Balaban J connectivity index is 1.78. The van der Waals surface area contributed by atoms with E-state index in [1.54, 1.807) is 12.5 Å². The predicted molar refractivity (Wildman–Crippen MR) is 106 cm³/mol. The van der Waals surface area contributed by atoms with Crippen molar-refractivity contribution >= 4 is 5.78 Å². The number of carbonyl (C=O) groups excluding carboxylic acids is 1. The van der Waals surface area contributed by atoms with E-state index in [9.17, 15) is 9.90 Å². The van der Waals surface area contributed by atoms with Crippen molar-refractivity contribution in [1.29, 1.82) is 0 Å². The molecule has 0 aromatic carbocycles. The predicted octanol–water partition coefficient (Wildman–Crippen LogP) is 5.46. The summed E-state index contributed by atoms with van der Waals surface area (Å²) < 4.78 is 0. The van der Waals surface area contributed by atoms with Gasteiger partial charge in [0.05, 0.1) is 6.10 Å². The average Bonchev–Trinajstić information content (AvgIpc) is 2.84. The van der Waals surface area contributed by atoms with Crippen LogP contribution >= 0.6 is 0 Å². The van der Waals surface area contributed by atoms with E-state index >= 15 is 0 Å². The fraction of sp³-hybridized carbons (Fsp3) is 0.792. The first kappa shape index (κ1) is 18.5. The van der Waals surface area contributed by atoms with Crippen LogP contribution in [0.2, 0.25) is 0 Å². The van der Waals surface area contributed by atoms with Crippen LogP contribution in [0.15, 0.2) is 23.3 Å². The fourth-order valence-corrected chi connectivity index (χ4v) is 7.78. The maximum atomic E-state index is 12.3. The third-order valence-corrected chi connectivity index (χ3v) is 9.71. The van der Waals surface area contributed by atoms with Gasteiger partial charge >= 0.3 is 0 Å². The third kappa shape index (κ3) is 2.00. The normalized spacial score (nSPS) is 49.4. The summed E-state index contributed by atoms with van der Waals surface area (Å²) in [6.07, 6.45) is 11.0. The van der Waals surface area contributed by atoms with Gasteiger partial charge in [-0.15, -0.1) is 0 Å². The molecule has 1 N–H and O–H groups in total. The van der Waals surface area contributed by atoms with Crippen LogP contribution in [0.3, 0.4) is 0 Å². The molecule has 26 heavy (non-hydrogen) atoms. The van der Waals surface area contributed by atoms with Gasteiger partial charge < -0.3 is 5.11 Å². The molecule has 0 aromatic rings. The second-order valence-electron chi connectivity index (χ2n) is 11.0. The Morgan fingerprint density at radius 1 is 1.04 bits per heavy atom. The monoisotopic (exact) mass is 356 g/mol. The van der Waals surface area contributed by atoms with Crippen LogP contribution in [0.25, 0.3) is 0 Å². The molecule has 0 amide bonds. The molecule has 2 nitrogen and oxygen atoms in total. The van der Waals surface area contributed by atoms with Gasteiger partial charge in [0.15, 0.2) is 5.78 Å². The van der Waals surface area contributed by atoms with Crippen LogP contribution in [-0.2, 0) is 4.79 Å². The van der Waals surface area contributed by atoms with Crippen molar-refractivity contribution in [1.82, 2.24) is 0 Å². The zero-order valence-corrected chi connectivity index (χ0v) is 17.5. The first-order valence-electron chi connectivity index (χ1n) is 10.6. The maximum Gasteiger partial charge on any atom is 0.156 e. The Hall–Kier alpha value is -0.890. The van der Waals surface area contributed by atoms with Gasteiger partial charge in [0.2, 0.25) is 0 Å². The summed E-state index contributed by atoms with van der Waals surface area (Å²) in [6, 6.07) is 0. The van der Waals surface area contributed by atoms with Crippen LogP contribution in [0.4, 0.5) is 0 Å². The molecule has 0 aliphatic heterocycles. The first-order valence-corrected chi connectivity index (χ1v) is 10.6. The summed E-state index contributed by atoms with van der Waals surface area (Å²) in [5, 5.41) is 10.7. The van der Waals surface area contributed by atoms with Crippen LogP contribution in [-0.4, -0.2) is 17.0 Å². The highest BCUT2D eigenvalue weighted by molar-refractivity contribution is 5.95. The number of hydrogen-bond acceptors (Lipinski definition) is 2.